The van der Waals surface area contributed by atoms with Crippen LogP contribution < -0.4 is 5.32 Å². The summed E-state index contributed by atoms with van der Waals surface area (Å²) in [4.78, 5) is 40.2. The van der Waals surface area contributed by atoms with Gasteiger partial charge in [-0.3, -0.25) is 14.4 Å². The SMILES string of the molecule is CCCNC(=O)[C@@H](CC)N(Cc1ccccc1Cl)C(=O)CCN1C(=O)c2ccccc2S1(=O)=O. The van der Waals surface area contributed by atoms with Crippen molar-refractivity contribution in [1.82, 2.24) is 14.5 Å². The van der Waals surface area contributed by atoms with Crippen molar-refractivity contribution >= 4 is 39.3 Å². The molecule has 0 bridgehead atoms. The molecule has 0 radical (unpaired) electrons. The zero-order chi connectivity index (χ0) is 24.9. The van der Waals surface area contributed by atoms with Gasteiger partial charge in [0, 0.05) is 31.1 Å². The van der Waals surface area contributed by atoms with Gasteiger partial charge in [-0.2, -0.15) is 0 Å². The maximum absolute atomic E-state index is 13.4. The lowest BCUT2D eigenvalue weighted by Gasteiger charge is -2.31. The van der Waals surface area contributed by atoms with Gasteiger partial charge in [-0.25, -0.2) is 12.7 Å². The van der Waals surface area contributed by atoms with Crippen LogP contribution in [-0.4, -0.2) is 54.5 Å². The number of amides is 3. The number of fused-ring (bicyclic) bond motifs is 1. The van der Waals surface area contributed by atoms with Gasteiger partial charge in [0.25, 0.3) is 15.9 Å². The highest BCUT2D eigenvalue weighted by atomic mass is 35.5. The summed E-state index contributed by atoms with van der Waals surface area (Å²) >= 11 is 6.30. The van der Waals surface area contributed by atoms with Gasteiger partial charge in [-0.05, 0) is 36.6 Å². The van der Waals surface area contributed by atoms with Crippen LogP contribution in [0.3, 0.4) is 0 Å². The molecule has 182 valence electrons. The van der Waals surface area contributed by atoms with E-state index in [2.05, 4.69) is 5.32 Å². The van der Waals surface area contributed by atoms with Crippen molar-refractivity contribution in [3.63, 3.8) is 0 Å². The first-order valence-electron chi connectivity index (χ1n) is 11.2. The zero-order valence-electron chi connectivity index (χ0n) is 19.2. The molecule has 1 heterocycles. The van der Waals surface area contributed by atoms with Gasteiger partial charge in [0.1, 0.15) is 10.9 Å². The highest BCUT2D eigenvalue weighted by molar-refractivity contribution is 7.90. The summed E-state index contributed by atoms with van der Waals surface area (Å²) in [6.07, 6.45) is 0.842. The van der Waals surface area contributed by atoms with Gasteiger partial charge in [0.2, 0.25) is 11.8 Å². The van der Waals surface area contributed by atoms with E-state index >= 15 is 0 Å². The van der Waals surface area contributed by atoms with E-state index in [0.29, 0.717) is 23.6 Å². The second-order valence-corrected chi connectivity index (χ2v) is 10.2. The number of hydrogen-bond acceptors (Lipinski definition) is 5. The first-order valence-corrected chi connectivity index (χ1v) is 13.0. The lowest BCUT2D eigenvalue weighted by Crippen LogP contribution is -2.49. The molecule has 34 heavy (non-hydrogen) atoms. The lowest BCUT2D eigenvalue weighted by molar-refractivity contribution is -0.141. The van der Waals surface area contributed by atoms with Crippen LogP contribution in [0.1, 0.15) is 49.0 Å². The summed E-state index contributed by atoms with van der Waals surface area (Å²) in [6.45, 7) is 3.97. The largest absolute Gasteiger partial charge is 0.354 e. The van der Waals surface area contributed by atoms with Crippen LogP contribution in [0.4, 0.5) is 0 Å². The predicted octanol–water partition coefficient (Wildman–Crippen LogP) is 3.21. The molecule has 0 aromatic heterocycles. The minimum absolute atomic E-state index is 0.0641. The molecule has 0 spiro atoms. The van der Waals surface area contributed by atoms with Crippen LogP contribution in [0.15, 0.2) is 53.4 Å². The van der Waals surface area contributed by atoms with E-state index in [0.717, 1.165) is 10.7 Å². The molecule has 2 aromatic rings. The van der Waals surface area contributed by atoms with E-state index in [1.54, 1.807) is 43.3 Å². The number of rotatable bonds is 10. The number of carbonyl (C=O) groups excluding carboxylic acids is 3. The first kappa shape index (κ1) is 25.7. The van der Waals surface area contributed by atoms with E-state index in [1.807, 2.05) is 6.92 Å². The second kappa shape index (κ2) is 11.0. The molecular formula is C24H28ClN3O5S. The Kier molecular flexibility index (Phi) is 8.33. The topological polar surface area (TPSA) is 104 Å². The third-order valence-corrected chi connectivity index (χ3v) is 7.88. The summed E-state index contributed by atoms with van der Waals surface area (Å²) in [6, 6.07) is 12.2. The number of halogens is 1. The summed E-state index contributed by atoms with van der Waals surface area (Å²) < 4.78 is 26.4. The van der Waals surface area contributed by atoms with Crippen molar-refractivity contribution in [3.05, 3.63) is 64.7 Å². The fourth-order valence-electron chi connectivity index (χ4n) is 3.89. The van der Waals surface area contributed by atoms with E-state index in [-0.39, 0.29) is 35.9 Å². The van der Waals surface area contributed by atoms with Gasteiger partial charge in [-0.1, -0.05) is 55.8 Å². The minimum Gasteiger partial charge on any atom is -0.354 e. The molecule has 0 saturated heterocycles. The van der Waals surface area contributed by atoms with Crippen LogP contribution in [0.5, 0.6) is 0 Å². The van der Waals surface area contributed by atoms with Gasteiger partial charge in [-0.15, -0.1) is 0 Å². The molecule has 3 amide bonds. The van der Waals surface area contributed by atoms with Gasteiger partial charge < -0.3 is 10.2 Å². The smallest absolute Gasteiger partial charge is 0.269 e. The molecular weight excluding hydrogens is 478 g/mol. The summed E-state index contributed by atoms with van der Waals surface area (Å²) in [5, 5.41) is 3.28. The van der Waals surface area contributed by atoms with Crippen LogP contribution in [0, 0.1) is 0 Å². The standard InChI is InChI=1S/C24H28ClN3O5S/c1-3-14-26-23(30)20(4-2)27(16-17-9-5-7-11-19(17)25)22(29)13-15-28-24(31)18-10-6-8-12-21(18)34(28,32)33/h5-12,20H,3-4,13-16H2,1-2H3,(H,26,30)/t20-/m1/s1. The maximum Gasteiger partial charge on any atom is 0.269 e. The van der Waals surface area contributed by atoms with Gasteiger partial charge in [0.15, 0.2) is 0 Å². The molecule has 0 fully saturated rings. The number of benzene rings is 2. The number of sulfonamides is 1. The Morgan fingerprint density at radius 2 is 1.76 bits per heavy atom. The van der Waals surface area contributed by atoms with Crippen molar-refractivity contribution in [2.45, 2.75) is 50.6 Å². The Hall–Kier alpha value is -2.91. The van der Waals surface area contributed by atoms with Crippen LogP contribution in [0.25, 0.3) is 0 Å². The fraction of sp³-hybridized carbons (Fsp3) is 0.375. The fourth-order valence-corrected chi connectivity index (χ4v) is 5.65. The molecule has 0 unspecified atom stereocenters. The number of carbonyl (C=O) groups is 3. The van der Waals surface area contributed by atoms with E-state index < -0.39 is 27.9 Å². The first-order chi connectivity index (χ1) is 16.2. The predicted molar refractivity (Wildman–Crippen MR) is 129 cm³/mol. The van der Waals surface area contributed by atoms with Crippen molar-refractivity contribution in [1.29, 1.82) is 0 Å². The van der Waals surface area contributed by atoms with Crippen molar-refractivity contribution in [2.75, 3.05) is 13.1 Å². The van der Waals surface area contributed by atoms with Crippen LogP contribution in [0.2, 0.25) is 5.02 Å². The zero-order valence-corrected chi connectivity index (χ0v) is 20.7. The normalized spacial score (nSPS) is 15.0. The quantitative estimate of drug-likeness (QED) is 0.534. The Morgan fingerprint density at radius 1 is 1.09 bits per heavy atom. The molecule has 0 saturated carbocycles. The van der Waals surface area contributed by atoms with E-state index in [1.165, 1.54) is 17.0 Å². The monoisotopic (exact) mass is 505 g/mol. The van der Waals surface area contributed by atoms with Crippen LogP contribution >= 0.6 is 11.6 Å². The summed E-state index contributed by atoms with van der Waals surface area (Å²) in [5.41, 5.74) is 0.754. The van der Waals surface area contributed by atoms with Crippen molar-refractivity contribution in [2.24, 2.45) is 0 Å². The number of nitrogens with zero attached hydrogens (tertiary/aromatic N) is 2. The average Bonchev–Trinajstić information content (AvgIpc) is 3.02. The molecule has 3 rings (SSSR count). The lowest BCUT2D eigenvalue weighted by atomic mass is 10.1. The third-order valence-electron chi connectivity index (χ3n) is 5.67. The highest BCUT2D eigenvalue weighted by Gasteiger charge is 2.41. The minimum atomic E-state index is -4.02. The molecule has 1 atom stereocenters. The third kappa shape index (κ3) is 5.26. The van der Waals surface area contributed by atoms with E-state index in [4.69, 9.17) is 11.6 Å². The highest BCUT2D eigenvalue weighted by Crippen LogP contribution is 2.30. The molecule has 1 aliphatic rings. The maximum atomic E-state index is 13.4. The van der Waals surface area contributed by atoms with E-state index in [9.17, 15) is 22.8 Å². The molecule has 8 nitrogen and oxygen atoms in total. The molecule has 2 aromatic carbocycles. The summed E-state index contributed by atoms with van der Waals surface area (Å²) in [7, 11) is -4.02. The molecule has 1 aliphatic heterocycles. The Labute approximate surface area is 204 Å². The molecule has 1 N–H and O–H groups in total. The number of nitrogens with one attached hydrogen (secondary N) is 1. The molecule has 0 aliphatic carbocycles. The van der Waals surface area contributed by atoms with Crippen LogP contribution in [-0.2, 0) is 26.2 Å². The van der Waals surface area contributed by atoms with Gasteiger partial charge >= 0.3 is 0 Å². The summed E-state index contributed by atoms with van der Waals surface area (Å²) in [5.74, 6) is -1.40. The Balaban J connectivity index is 1.83. The van der Waals surface area contributed by atoms with Crippen molar-refractivity contribution < 1.29 is 22.8 Å². The second-order valence-electron chi connectivity index (χ2n) is 7.96. The molecule has 10 heteroatoms. The Bertz CT molecular complexity index is 1180. The number of hydrogen-bond donors (Lipinski definition) is 1. The average molecular weight is 506 g/mol. The Morgan fingerprint density at radius 3 is 2.41 bits per heavy atom. The van der Waals surface area contributed by atoms with Gasteiger partial charge in [0.05, 0.1) is 5.56 Å². The van der Waals surface area contributed by atoms with Crippen molar-refractivity contribution in [3.8, 4) is 0 Å².